The predicted octanol–water partition coefficient (Wildman–Crippen LogP) is 1.39. The Morgan fingerprint density at radius 1 is 1.18 bits per heavy atom. The Bertz CT molecular complexity index is 395. The van der Waals surface area contributed by atoms with Crippen LogP contribution in [0.3, 0.4) is 0 Å². The third kappa shape index (κ3) is 5.55. The van der Waals surface area contributed by atoms with Gasteiger partial charge in [0.05, 0.1) is 5.69 Å². The van der Waals surface area contributed by atoms with Crippen LogP contribution in [0.25, 0.3) is 0 Å². The van der Waals surface area contributed by atoms with Crippen LogP contribution in [-0.2, 0) is 11.2 Å². The lowest BCUT2D eigenvalue weighted by molar-refractivity contribution is -0.137. The molecule has 17 heavy (non-hydrogen) atoms. The van der Waals surface area contributed by atoms with Crippen LogP contribution >= 0.6 is 0 Å². The molecule has 5 nitrogen and oxygen atoms in total. The Balaban J connectivity index is 2.40. The number of unbranched alkanes of at least 4 members (excludes halogenated alkanes) is 1. The van der Waals surface area contributed by atoms with Crippen molar-refractivity contribution in [2.75, 3.05) is 0 Å². The molecule has 0 saturated carbocycles. The van der Waals surface area contributed by atoms with E-state index >= 15 is 0 Å². The maximum atomic E-state index is 10.3. The van der Waals surface area contributed by atoms with E-state index in [2.05, 4.69) is 4.99 Å². The number of hydrogen-bond acceptors (Lipinski definition) is 2. The Morgan fingerprint density at radius 3 is 2.35 bits per heavy atom. The van der Waals surface area contributed by atoms with Crippen molar-refractivity contribution < 1.29 is 9.90 Å². The second-order valence-electron chi connectivity index (χ2n) is 3.80. The van der Waals surface area contributed by atoms with Crippen LogP contribution in [0.4, 0.5) is 5.69 Å². The van der Waals surface area contributed by atoms with Gasteiger partial charge in [0.1, 0.15) is 0 Å². The molecule has 0 spiro atoms. The van der Waals surface area contributed by atoms with Gasteiger partial charge in [0, 0.05) is 6.42 Å². The lowest BCUT2D eigenvalue weighted by Crippen LogP contribution is -2.21. The van der Waals surface area contributed by atoms with Crippen LogP contribution in [0.2, 0.25) is 0 Å². The van der Waals surface area contributed by atoms with Gasteiger partial charge in [-0.2, -0.15) is 0 Å². The molecule has 0 saturated heterocycles. The van der Waals surface area contributed by atoms with Crippen LogP contribution in [0.1, 0.15) is 24.8 Å². The van der Waals surface area contributed by atoms with Gasteiger partial charge in [-0.1, -0.05) is 12.1 Å². The average molecular weight is 235 g/mol. The van der Waals surface area contributed by atoms with Crippen LogP contribution in [-0.4, -0.2) is 17.0 Å². The van der Waals surface area contributed by atoms with Crippen molar-refractivity contribution in [1.82, 2.24) is 0 Å². The maximum absolute atomic E-state index is 10.3. The summed E-state index contributed by atoms with van der Waals surface area (Å²) in [5, 5.41) is 8.49. The van der Waals surface area contributed by atoms with Crippen molar-refractivity contribution in [3.63, 3.8) is 0 Å². The minimum Gasteiger partial charge on any atom is -0.481 e. The van der Waals surface area contributed by atoms with E-state index in [0.29, 0.717) is 6.42 Å². The van der Waals surface area contributed by atoms with Gasteiger partial charge in [-0.3, -0.25) is 4.79 Å². The molecule has 5 heteroatoms. The van der Waals surface area contributed by atoms with E-state index < -0.39 is 5.97 Å². The van der Waals surface area contributed by atoms with E-state index in [-0.39, 0.29) is 12.4 Å². The zero-order valence-electron chi connectivity index (χ0n) is 9.60. The molecular formula is C12H17N3O2. The highest BCUT2D eigenvalue weighted by Gasteiger charge is 1.98. The number of carbonyl (C=O) groups is 1. The fourth-order valence-electron chi connectivity index (χ4n) is 1.49. The fourth-order valence-corrected chi connectivity index (χ4v) is 1.49. The summed E-state index contributed by atoms with van der Waals surface area (Å²) in [7, 11) is 0. The first-order chi connectivity index (χ1) is 8.08. The highest BCUT2D eigenvalue weighted by Crippen LogP contribution is 2.14. The Morgan fingerprint density at radius 2 is 1.82 bits per heavy atom. The largest absolute Gasteiger partial charge is 0.481 e. The lowest BCUT2D eigenvalue weighted by Gasteiger charge is -2.01. The van der Waals surface area contributed by atoms with Gasteiger partial charge in [-0.15, -0.1) is 0 Å². The van der Waals surface area contributed by atoms with Crippen molar-refractivity contribution in [3.8, 4) is 0 Å². The number of nitrogens with two attached hydrogens (primary N) is 2. The first-order valence-corrected chi connectivity index (χ1v) is 5.48. The quantitative estimate of drug-likeness (QED) is 0.394. The molecule has 0 unspecified atom stereocenters. The maximum Gasteiger partial charge on any atom is 0.303 e. The summed E-state index contributed by atoms with van der Waals surface area (Å²) in [6.07, 6.45) is 2.67. The highest BCUT2D eigenvalue weighted by molar-refractivity contribution is 5.78. The van der Waals surface area contributed by atoms with Gasteiger partial charge >= 0.3 is 5.97 Å². The number of hydrogen-bond donors (Lipinski definition) is 3. The van der Waals surface area contributed by atoms with Crippen LogP contribution in [0.15, 0.2) is 29.3 Å². The smallest absolute Gasteiger partial charge is 0.303 e. The summed E-state index contributed by atoms with van der Waals surface area (Å²) < 4.78 is 0. The van der Waals surface area contributed by atoms with Gasteiger partial charge in [-0.05, 0) is 37.0 Å². The first kappa shape index (κ1) is 13.0. The van der Waals surface area contributed by atoms with E-state index in [1.807, 2.05) is 24.3 Å². The minimum absolute atomic E-state index is 0.0409. The molecule has 5 N–H and O–H groups in total. The highest BCUT2D eigenvalue weighted by atomic mass is 16.4. The number of aliphatic imine (C=N–C) groups is 1. The predicted molar refractivity (Wildman–Crippen MR) is 67.1 cm³/mol. The molecule has 0 fully saturated rings. The van der Waals surface area contributed by atoms with Crippen molar-refractivity contribution >= 4 is 17.6 Å². The molecule has 0 amide bonds. The molecule has 0 aromatic heterocycles. The van der Waals surface area contributed by atoms with E-state index in [9.17, 15) is 4.79 Å². The van der Waals surface area contributed by atoms with Crippen LogP contribution in [0.5, 0.6) is 0 Å². The number of nitrogens with zero attached hydrogens (tertiary/aromatic N) is 1. The number of guanidine groups is 1. The second-order valence-corrected chi connectivity index (χ2v) is 3.80. The molecule has 0 atom stereocenters. The van der Waals surface area contributed by atoms with E-state index in [0.717, 1.165) is 24.1 Å². The van der Waals surface area contributed by atoms with E-state index in [1.54, 1.807) is 0 Å². The van der Waals surface area contributed by atoms with Crippen LogP contribution in [0, 0.1) is 0 Å². The van der Waals surface area contributed by atoms with Gasteiger partial charge in [-0.25, -0.2) is 4.99 Å². The van der Waals surface area contributed by atoms with Crippen molar-refractivity contribution in [3.05, 3.63) is 29.8 Å². The molecule has 0 heterocycles. The Labute approximate surface area is 100 Å². The number of aryl methyl sites for hydroxylation is 1. The molecular weight excluding hydrogens is 218 g/mol. The van der Waals surface area contributed by atoms with Crippen molar-refractivity contribution in [1.29, 1.82) is 0 Å². The van der Waals surface area contributed by atoms with Gasteiger partial charge in [0.15, 0.2) is 5.96 Å². The Hall–Kier alpha value is -2.04. The molecule has 0 radical (unpaired) electrons. The Kier molecular flexibility index (Phi) is 5.00. The third-order valence-corrected chi connectivity index (χ3v) is 2.30. The average Bonchev–Trinajstić information content (AvgIpc) is 2.25. The fraction of sp³-hybridized carbons (Fsp3) is 0.333. The number of benzene rings is 1. The summed E-state index contributed by atoms with van der Waals surface area (Å²) in [5.41, 5.74) is 12.4. The van der Waals surface area contributed by atoms with Gasteiger partial charge < -0.3 is 16.6 Å². The number of aliphatic carboxylic acids is 1. The van der Waals surface area contributed by atoms with Crippen molar-refractivity contribution in [2.24, 2.45) is 16.5 Å². The third-order valence-electron chi connectivity index (χ3n) is 2.30. The van der Waals surface area contributed by atoms with Crippen molar-refractivity contribution in [2.45, 2.75) is 25.7 Å². The molecule has 0 aliphatic carbocycles. The van der Waals surface area contributed by atoms with Gasteiger partial charge in [0.25, 0.3) is 0 Å². The molecule has 1 rings (SSSR count). The minimum atomic E-state index is -0.742. The number of carboxylic acid groups (broad SMARTS) is 1. The number of carboxylic acids is 1. The molecule has 0 aliphatic rings. The molecule has 92 valence electrons. The summed E-state index contributed by atoms with van der Waals surface area (Å²) in [6.45, 7) is 0. The van der Waals surface area contributed by atoms with E-state index in [1.165, 1.54) is 0 Å². The molecule has 0 bridgehead atoms. The molecule has 1 aromatic carbocycles. The molecule has 0 aliphatic heterocycles. The summed E-state index contributed by atoms with van der Waals surface area (Å²) in [4.78, 5) is 14.2. The van der Waals surface area contributed by atoms with E-state index in [4.69, 9.17) is 16.6 Å². The van der Waals surface area contributed by atoms with Crippen LogP contribution < -0.4 is 11.5 Å². The monoisotopic (exact) mass is 235 g/mol. The SMILES string of the molecule is NC(N)=Nc1ccc(CCCCC(=O)O)cc1. The summed E-state index contributed by atoms with van der Waals surface area (Å²) in [5.74, 6) is -0.702. The zero-order chi connectivity index (χ0) is 12.7. The zero-order valence-corrected chi connectivity index (χ0v) is 9.60. The number of rotatable bonds is 6. The topological polar surface area (TPSA) is 102 Å². The lowest BCUT2D eigenvalue weighted by atomic mass is 10.1. The molecule has 1 aromatic rings. The normalized spacial score (nSPS) is 9.88. The summed E-state index contributed by atoms with van der Waals surface area (Å²) >= 11 is 0. The summed E-state index contributed by atoms with van der Waals surface area (Å²) in [6, 6.07) is 7.57. The van der Waals surface area contributed by atoms with Gasteiger partial charge in [0.2, 0.25) is 0 Å². The second kappa shape index (κ2) is 6.52. The first-order valence-electron chi connectivity index (χ1n) is 5.48. The standard InChI is InChI=1S/C12H17N3O2/c13-12(14)15-10-7-5-9(6-8-10)3-1-2-4-11(16)17/h5-8H,1-4H2,(H,16,17)(H4,13,14,15).